The van der Waals surface area contributed by atoms with Crippen LogP contribution in [0.25, 0.3) is 22.3 Å². The molecule has 0 aliphatic carbocycles. The summed E-state index contributed by atoms with van der Waals surface area (Å²) in [4.78, 5) is 14.1. The molecule has 3 aliphatic rings. The molecule has 0 saturated carbocycles. The van der Waals surface area contributed by atoms with Gasteiger partial charge in [-0.15, -0.1) is 0 Å². The summed E-state index contributed by atoms with van der Waals surface area (Å²) < 4.78 is 44.7. The lowest BCUT2D eigenvalue weighted by molar-refractivity contribution is -0.331. The molecule has 0 radical (unpaired) electrons. The third kappa shape index (κ3) is 7.65. The number of methoxy groups -OCH3 is 1. The second-order valence-corrected chi connectivity index (χ2v) is 13.3. The molecule has 2 aromatic carbocycles. The van der Waals surface area contributed by atoms with E-state index < -0.39 is 145 Å². The second-order valence-electron chi connectivity index (χ2n) is 13.3. The molecule has 3 aromatic rings. The zero-order valence-electron chi connectivity index (χ0n) is 29.0. The lowest BCUT2D eigenvalue weighted by Crippen LogP contribution is -2.60. The Labute approximate surface area is 309 Å². The number of hydrogen-bond acceptors (Lipinski definition) is 21. The lowest BCUT2D eigenvalue weighted by atomic mass is 9.93. The Hall–Kier alpha value is -3.91. The maximum absolute atomic E-state index is 14.1. The maximum Gasteiger partial charge on any atom is 0.239 e. The number of fused-ring (bicyclic) bond motifs is 1. The molecular formula is C34H42O21. The molecule has 3 saturated heterocycles. The molecule has 15 atom stereocenters. The topological polar surface area (TPSA) is 338 Å². The Morgan fingerprint density at radius 1 is 0.709 bits per heavy atom. The van der Waals surface area contributed by atoms with Gasteiger partial charge < -0.3 is 98.9 Å². The molecule has 12 N–H and O–H groups in total. The van der Waals surface area contributed by atoms with Crippen molar-refractivity contribution in [2.45, 2.75) is 93.1 Å². The smallest absolute Gasteiger partial charge is 0.239 e. The number of phenols is 2. The van der Waals surface area contributed by atoms with Crippen molar-refractivity contribution >= 4 is 11.0 Å². The van der Waals surface area contributed by atoms with Gasteiger partial charge in [-0.3, -0.25) is 4.79 Å². The quantitative estimate of drug-likeness (QED) is 0.0940. The number of ether oxygens (including phenoxy) is 7. The van der Waals surface area contributed by atoms with Crippen molar-refractivity contribution in [2.75, 3.05) is 20.3 Å². The van der Waals surface area contributed by atoms with Crippen molar-refractivity contribution in [3.8, 4) is 40.1 Å². The van der Waals surface area contributed by atoms with Crippen LogP contribution in [-0.2, 0) is 18.9 Å². The van der Waals surface area contributed by atoms with Crippen molar-refractivity contribution in [3.63, 3.8) is 0 Å². The van der Waals surface area contributed by atoms with Crippen LogP contribution in [0.1, 0.15) is 6.92 Å². The van der Waals surface area contributed by atoms with Crippen molar-refractivity contribution in [1.29, 1.82) is 0 Å². The van der Waals surface area contributed by atoms with Crippen LogP contribution in [0.2, 0.25) is 0 Å². The average molecular weight is 787 g/mol. The van der Waals surface area contributed by atoms with Gasteiger partial charge in [-0.1, -0.05) is 0 Å². The molecule has 15 unspecified atom stereocenters. The molecular weight excluding hydrogens is 744 g/mol. The summed E-state index contributed by atoms with van der Waals surface area (Å²) in [5.41, 5.74) is -1.48. The number of phenolic OH excluding ortho intramolecular Hbond substituents is 2. The zero-order chi connectivity index (χ0) is 40.0. The van der Waals surface area contributed by atoms with Crippen molar-refractivity contribution in [3.05, 3.63) is 40.6 Å². The van der Waals surface area contributed by atoms with E-state index in [0.29, 0.717) is 0 Å². The van der Waals surface area contributed by atoms with Crippen molar-refractivity contribution in [1.82, 2.24) is 0 Å². The SMILES string of the molecule is COc1c(OC2OC(O)C(O)C(COC3OC(C)C(O)C(O)C3O)C2O)cc(O)c2c(=O)c(OC3OC(CO)C(O)C(O)C3O)c(-c3ccc(O)cc3)oc12. The lowest BCUT2D eigenvalue weighted by Gasteiger charge is -2.42. The van der Waals surface area contributed by atoms with Crippen LogP contribution < -0.4 is 19.6 Å². The Morgan fingerprint density at radius 3 is 2.00 bits per heavy atom. The van der Waals surface area contributed by atoms with Crippen LogP contribution in [-0.4, -0.2) is 168 Å². The predicted octanol–water partition coefficient (Wildman–Crippen LogP) is -3.71. The molecule has 1 aromatic heterocycles. The minimum atomic E-state index is -1.99. The molecule has 3 fully saturated rings. The Balaban J connectivity index is 1.35. The first-order chi connectivity index (χ1) is 26.1. The van der Waals surface area contributed by atoms with E-state index in [0.717, 1.165) is 13.2 Å². The highest BCUT2D eigenvalue weighted by atomic mass is 16.8. The Morgan fingerprint density at radius 2 is 1.35 bits per heavy atom. The fraction of sp³-hybridized carbons (Fsp3) is 0.559. The molecule has 304 valence electrons. The molecule has 0 spiro atoms. The van der Waals surface area contributed by atoms with Gasteiger partial charge >= 0.3 is 0 Å². The minimum Gasteiger partial charge on any atom is -0.508 e. The fourth-order valence-corrected chi connectivity index (χ4v) is 6.45. The maximum atomic E-state index is 14.1. The van der Waals surface area contributed by atoms with E-state index in [1.54, 1.807) is 0 Å². The standard InChI is InChI=1S/C34H42O21/c1-10-18(38)23(43)25(45)32(50-10)49-9-13-19(39)31(47)55-33(20(13)40)51-15-7-14(37)17-22(42)30(54-34-26(46)24(44)21(41)16(8-35)52-34)27(53-29(17)28(15)48-2)11-3-5-12(36)6-4-11/h3-7,10,13,16,18-21,23-26,31-41,43-47H,8-9H2,1-2H3. The van der Waals surface area contributed by atoms with Crippen LogP contribution in [0.4, 0.5) is 0 Å². The fourth-order valence-electron chi connectivity index (χ4n) is 6.45. The number of aliphatic hydroxyl groups is 10. The summed E-state index contributed by atoms with van der Waals surface area (Å²) in [5.74, 6) is -4.29. The summed E-state index contributed by atoms with van der Waals surface area (Å²) >= 11 is 0. The first-order valence-electron chi connectivity index (χ1n) is 16.9. The van der Waals surface area contributed by atoms with Gasteiger partial charge in [-0.25, -0.2) is 0 Å². The first kappa shape index (κ1) is 40.7. The van der Waals surface area contributed by atoms with E-state index in [9.17, 15) is 66.1 Å². The summed E-state index contributed by atoms with van der Waals surface area (Å²) in [6.07, 6.45) is -23.6. The highest BCUT2D eigenvalue weighted by molar-refractivity contribution is 5.93. The van der Waals surface area contributed by atoms with Crippen molar-refractivity contribution < 1.29 is 98.9 Å². The molecule has 55 heavy (non-hydrogen) atoms. The van der Waals surface area contributed by atoms with Gasteiger partial charge in [0.25, 0.3) is 0 Å². The minimum absolute atomic E-state index is 0.0822. The highest BCUT2D eigenvalue weighted by Gasteiger charge is 2.49. The van der Waals surface area contributed by atoms with Gasteiger partial charge in [0.1, 0.15) is 71.8 Å². The number of aliphatic hydroxyl groups excluding tert-OH is 10. The number of aromatic hydroxyl groups is 2. The summed E-state index contributed by atoms with van der Waals surface area (Å²) in [6.45, 7) is -0.00158. The molecule has 21 nitrogen and oxygen atoms in total. The normalized spacial score (nSPS) is 36.8. The highest BCUT2D eigenvalue weighted by Crippen LogP contribution is 2.45. The summed E-state index contributed by atoms with van der Waals surface area (Å²) in [7, 11) is 1.13. The summed E-state index contributed by atoms with van der Waals surface area (Å²) in [5, 5.41) is 124. The molecule has 3 aliphatic heterocycles. The predicted molar refractivity (Wildman–Crippen MR) is 178 cm³/mol. The van der Waals surface area contributed by atoms with Gasteiger partial charge in [0, 0.05) is 17.5 Å². The monoisotopic (exact) mass is 786 g/mol. The van der Waals surface area contributed by atoms with Gasteiger partial charge in [0.2, 0.25) is 29.5 Å². The number of benzene rings is 2. The van der Waals surface area contributed by atoms with Gasteiger partial charge in [0.15, 0.2) is 29.7 Å². The van der Waals surface area contributed by atoms with Crippen molar-refractivity contribution in [2.24, 2.45) is 5.92 Å². The van der Waals surface area contributed by atoms with Crippen LogP contribution in [0.15, 0.2) is 39.5 Å². The van der Waals surface area contributed by atoms with Gasteiger partial charge in [0.05, 0.1) is 26.4 Å². The number of rotatable bonds is 10. The molecule has 4 heterocycles. The van der Waals surface area contributed by atoms with E-state index in [2.05, 4.69) is 0 Å². The largest absolute Gasteiger partial charge is 0.508 e. The zero-order valence-corrected chi connectivity index (χ0v) is 29.0. The molecule has 0 amide bonds. The molecule has 0 bridgehead atoms. The van der Waals surface area contributed by atoms with E-state index >= 15 is 0 Å². The average Bonchev–Trinajstić information content (AvgIpc) is 3.16. The molecule has 21 heteroatoms. The van der Waals surface area contributed by atoms with Crippen LogP contribution in [0.5, 0.6) is 28.7 Å². The Kier molecular flexibility index (Phi) is 12.1. The van der Waals surface area contributed by atoms with Gasteiger partial charge in [-0.05, 0) is 31.2 Å². The Bertz CT molecular complexity index is 1850. The third-order valence-electron chi connectivity index (χ3n) is 9.67. The van der Waals surface area contributed by atoms with E-state index in [-0.39, 0.29) is 17.1 Å². The number of hydrogen-bond donors (Lipinski definition) is 12. The molecule has 6 rings (SSSR count). The van der Waals surface area contributed by atoms with Crippen LogP contribution >= 0.6 is 0 Å². The van der Waals surface area contributed by atoms with Gasteiger partial charge in [-0.2, -0.15) is 0 Å². The van der Waals surface area contributed by atoms with Crippen LogP contribution in [0, 0.1) is 5.92 Å². The van der Waals surface area contributed by atoms with Crippen LogP contribution in [0.3, 0.4) is 0 Å². The van der Waals surface area contributed by atoms with E-state index in [1.165, 1.54) is 31.2 Å². The first-order valence-corrected chi connectivity index (χ1v) is 16.9. The summed E-state index contributed by atoms with van der Waals surface area (Å²) in [6, 6.07) is 5.97. The van der Waals surface area contributed by atoms with E-state index in [1.807, 2.05) is 0 Å². The second kappa shape index (κ2) is 16.3. The van der Waals surface area contributed by atoms with E-state index in [4.69, 9.17) is 37.6 Å². The third-order valence-corrected chi connectivity index (χ3v) is 9.67.